The molecule has 0 aliphatic heterocycles. The molecule has 0 amide bonds. The lowest BCUT2D eigenvalue weighted by molar-refractivity contribution is -0.910. The van der Waals surface area contributed by atoms with Crippen LogP contribution in [-0.4, -0.2) is 37.0 Å². The highest BCUT2D eigenvalue weighted by atomic mass is 127. The topological polar surface area (TPSA) is 0 Å². The Hall–Kier alpha value is 0.980. The second kappa shape index (κ2) is 21.3. The van der Waals surface area contributed by atoms with Crippen molar-refractivity contribution in [2.75, 3.05) is 32.6 Å². The molecule has 3 heteroatoms. The summed E-state index contributed by atoms with van der Waals surface area (Å²) in [5, 5.41) is 0. The number of hydrogen-bond acceptors (Lipinski definition) is 0. The molecule has 0 atom stereocenters. The zero-order valence-electron chi connectivity index (χ0n) is 17.6. The Morgan fingerprint density at radius 3 is 1.20 bits per heavy atom. The van der Waals surface area contributed by atoms with Gasteiger partial charge in [-0.1, -0.05) is 78.1 Å². The lowest BCUT2D eigenvalue weighted by atomic mass is 10.1. The first-order valence-corrected chi connectivity index (χ1v) is 11.6. The van der Waals surface area contributed by atoms with Gasteiger partial charge in [0.25, 0.3) is 0 Å². The quantitative estimate of drug-likeness (QED) is 0.108. The van der Waals surface area contributed by atoms with E-state index in [-0.39, 0.29) is 24.0 Å². The van der Waals surface area contributed by atoms with Crippen LogP contribution in [-0.2, 0) is 0 Å². The number of rotatable bonds is 19. The van der Waals surface area contributed by atoms with Crippen molar-refractivity contribution in [3.05, 3.63) is 0 Å². The summed E-state index contributed by atoms with van der Waals surface area (Å²) < 4.78 is 1.26. The number of quaternary nitrogens is 1. The number of unbranched alkanes of at least 4 members (excludes halogenated alkanes) is 12. The smallest absolute Gasteiger partial charge is 0.0796 e. The van der Waals surface area contributed by atoms with E-state index in [4.69, 9.17) is 11.6 Å². The van der Waals surface area contributed by atoms with E-state index in [9.17, 15) is 0 Å². The summed E-state index contributed by atoms with van der Waals surface area (Å²) in [5.41, 5.74) is 0. The average molecular weight is 488 g/mol. The largest absolute Gasteiger partial charge is 1.00 e. The molecule has 1 nitrogen and oxygen atoms in total. The molecule has 25 heavy (non-hydrogen) atoms. The first-order chi connectivity index (χ1) is 11.7. The summed E-state index contributed by atoms with van der Waals surface area (Å²) in [6, 6.07) is 0. The van der Waals surface area contributed by atoms with Crippen LogP contribution in [0.4, 0.5) is 0 Å². The molecule has 0 saturated heterocycles. The van der Waals surface area contributed by atoms with Gasteiger partial charge in [0.2, 0.25) is 0 Å². The van der Waals surface area contributed by atoms with Crippen molar-refractivity contribution in [1.29, 1.82) is 0 Å². The summed E-state index contributed by atoms with van der Waals surface area (Å²) in [7, 11) is 2.47. The first kappa shape index (κ1) is 28.2. The maximum absolute atomic E-state index is 5.96. The third-order valence-electron chi connectivity index (χ3n) is 5.43. The van der Waals surface area contributed by atoms with Crippen LogP contribution >= 0.6 is 11.6 Å². The number of halogens is 2. The van der Waals surface area contributed by atoms with Gasteiger partial charge in [-0.2, -0.15) is 0 Å². The third-order valence-corrected chi connectivity index (χ3v) is 5.70. The molecular formula is C22H47ClIN. The average Bonchev–Trinajstić information content (AvgIpc) is 2.58. The first-order valence-electron chi connectivity index (χ1n) is 11.1. The number of nitrogens with zero attached hydrogens (tertiary/aromatic N) is 1. The van der Waals surface area contributed by atoms with Crippen molar-refractivity contribution in [1.82, 2.24) is 0 Å². The lowest BCUT2D eigenvalue weighted by Gasteiger charge is -2.35. The fourth-order valence-corrected chi connectivity index (χ4v) is 3.80. The molecule has 0 aliphatic carbocycles. The fourth-order valence-electron chi connectivity index (χ4n) is 3.68. The predicted molar refractivity (Wildman–Crippen MR) is 112 cm³/mol. The van der Waals surface area contributed by atoms with Crippen LogP contribution in [0.15, 0.2) is 0 Å². The van der Waals surface area contributed by atoms with Crippen molar-refractivity contribution in [3.8, 4) is 0 Å². The molecule has 0 aromatic heterocycles. The maximum Gasteiger partial charge on any atom is 0.0796 e. The minimum absolute atomic E-state index is 0. The molecule has 154 valence electrons. The highest BCUT2D eigenvalue weighted by Crippen LogP contribution is 2.15. The molecule has 0 rings (SSSR count). The van der Waals surface area contributed by atoms with Gasteiger partial charge in [0.05, 0.1) is 26.7 Å². The van der Waals surface area contributed by atoms with E-state index >= 15 is 0 Å². The molecule has 0 spiro atoms. The molecule has 0 radical (unpaired) electrons. The van der Waals surface area contributed by atoms with Crippen LogP contribution in [0.25, 0.3) is 0 Å². The summed E-state index contributed by atoms with van der Waals surface area (Å²) in [6.45, 7) is 8.59. The van der Waals surface area contributed by atoms with Crippen LogP contribution in [0.3, 0.4) is 0 Å². The van der Waals surface area contributed by atoms with Gasteiger partial charge >= 0.3 is 0 Å². The molecule has 0 aromatic carbocycles. The monoisotopic (exact) mass is 487 g/mol. The molecule has 0 aromatic rings. The zero-order valence-corrected chi connectivity index (χ0v) is 20.6. The van der Waals surface area contributed by atoms with E-state index in [2.05, 4.69) is 20.9 Å². The highest BCUT2D eigenvalue weighted by molar-refractivity contribution is 6.17. The molecule has 0 N–H and O–H groups in total. The Balaban J connectivity index is 0. The van der Waals surface area contributed by atoms with Crippen molar-refractivity contribution >= 4 is 11.6 Å². The Bertz CT molecular complexity index is 230. The van der Waals surface area contributed by atoms with Crippen molar-refractivity contribution in [2.45, 2.75) is 110 Å². The van der Waals surface area contributed by atoms with Crippen LogP contribution in [0.2, 0.25) is 0 Å². The van der Waals surface area contributed by atoms with Crippen LogP contribution in [0.5, 0.6) is 0 Å². The standard InChI is InChI=1S/C22H47ClN.HI/c1-4-6-8-10-12-14-16-20-24(3,22-18-19-23)21-17-15-13-11-9-7-5-2;/h4-22H2,1-3H3;1H/q+1;/p-1. The van der Waals surface area contributed by atoms with Gasteiger partial charge in [-0.05, 0) is 25.7 Å². The molecule has 0 bridgehead atoms. The molecule has 0 aliphatic rings. The lowest BCUT2D eigenvalue weighted by Crippen LogP contribution is -3.00. The SMILES string of the molecule is CCCCCCCCC[N+](C)(CCCCl)CCCCCCCCC.[I-]. The Morgan fingerprint density at radius 2 is 0.840 bits per heavy atom. The van der Waals surface area contributed by atoms with Crippen molar-refractivity contribution in [3.63, 3.8) is 0 Å². The number of alkyl halides is 1. The van der Waals surface area contributed by atoms with E-state index < -0.39 is 0 Å². The molecule has 0 unspecified atom stereocenters. The van der Waals surface area contributed by atoms with Crippen LogP contribution in [0, 0.1) is 0 Å². The summed E-state index contributed by atoms with van der Waals surface area (Å²) in [4.78, 5) is 0. The van der Waals surface area contributed by atoms with Gasteiger partial charge < -0.3 is 28.5 Å². The number of hydrogen-bond donors (Lipinski definition) is 0. The Morgan fingerprint density at radius 1 is 0.520 bits per heavy atom. The van der Waals surface area contributed by atoms with Gasteiger partial charge in [0.1, 0.15) is 0 Å². The Labute approximate surface area is 182 Å². The second-order valence-corrected chi connectivity index (χ2v) is 8.45. The van der Waals surface area contributed by atoms with E-state index in [1.54, 1.807) is 0 Å². The van der Waals surface area contributed by atoms with Gasteiger partial charge in [0.15, 0.2) is 0 Å². The van der Waals surface area contributed by atoms with Crippen molar-refractivity contribution < 1.29 is 28.5 Å². The molecule has 0 fully saturated rings. The molecule has 0 saturated carbocycles. The van der Waals surface area contributed by atoms with Gasteiger partial charge in [-0.25, -0.2) is 0 Å². The minimum atomic E-state index is 0. The third kappa shape index (κ3) is 19.5. The maximum atomic E-state index is 5.96. The molecular weight excluding hydrogens is 441 g/mol. The van der Waals surface area contributed by atoms with Gasteiger partial charge in [-0.15, -0.1) is 11.6 Å². The predicted octanol–water partition coefficient (Wildman–Crippen LogP) is 4.57. The van der Waals surface area contributed by atoms with E-state index in [1.807, 2.05) is 0 Å². The van der Waals surface area contributed by atoms with Gasteiger partial charge in [0, 0.05) is 12.3 Å². The van der Waals surface area contributed by atoms with Crippen molar-refractivity contribution in [2.24, 2.45) is 0 Å². The zero-order chi connectivity index (χ0) is 17.9. The normalized spacial score (nSPS) is 11.5. The Kier molecular flexibility index (Phi) is 24.0. The second-order valence-electron chi connectivity index (χ2n) is 8.08. The summed E-state index contributed by atoms with van der Waals surface area (Å²) >= 11 is 5.96. The fraction of sp³-hybridized carbons (Fsp3) is 1.00. The van der Waals surface area contributed by atoms with E-state index in [0.717, 1.165) is 5.88 Å². The van der Waals surface area contributed by atoms with Gasteiger partial charge in [-0.3, -0.25) is 0 Å². The summed E-state index contributed by atoms with van der Waals surface area (Å²) in [5.74, 6) is 0.821. The molecule has 0 heterocycles. The summed E-state index contributed by atoms with van der Waals surface area (Å²) in [6.07, 6.45) is 21.0. The van der Waals surface area contributed by atoms with E-state index in [1.165, 1.54) is 120 Å². The van der Waals surface area contributed by atoms with E-state index in [0.29, 0.717) is 0 Å². The minimum Gasteiger partial charge on any atom is -1.00 e. The van der Waals surface area contributed by atoms with Crippen LogP contribution < -0.4 is 24.0 Å². The highest BCUT2D eigenvalue weighted by Gasteiger charge is 2.19. The van der Waals surface area contributed by atoms with Crippen LogP contribution in [0.1, 0.15) is 110 Å².